The number of carboxylic acid groups (broad SMARTS) is 1. The van der Waals surface area contributed by atoms with Crippen molar-refractivity contribution in [1.29, 1.82) is 0 Å². The smallest absolute Gasteiger partial charge is 0.371 e. The normalized spacial score (nSPS) is 12.4. The van der Waals surface area contributed by atoms with Gasteiger partial charge in [0.2, 0.25) is 12.6 Å². The summed E-state index contributed by atoms with van der Waals surface area (Å²) in [5.74, 6) is 0.899. The Morgan fingerprint density at radius 3 is 2.85 bits per heavy atom. The van der Waals surface area contributed by atoms with Crippen molar-refractivity contribution in [2.45, 2.75) is 13.5 Å². The van der Waals surface area contributed by atoms with Gasteiger partial charge < -0.3 is 24.3 Å². The minimum absolute atomic E-state index is 0.0509. The van der Waals surface area contributed by atoms with Crippen molar-refractivity contribution in [1.82, 2.24) is 0 Å². The van der Waals surface area contributed by atoms with E-state index in [1.165, 1.54) is 6.07 Å². The Morgan fingerprint density at radius 1 is 1.30 bits per heavy atom. The molecule has 1 aliphatic heterocycles. The lowest BCUT2D eigenvalue weighted by molar-refractivity contribution is 0.0661. The molecular weight excluding hydrogens is 262 g/mol. The molecule has 0 saturated heterocycles. The maximum Gasteiger partial charge on any atom is 0.371 e. The molecule has 6 heteroatoms. The maximum atomic E-state index is 10.8. The minimum Gasteiger partial charge on any atom is -0.475 e. The van der Waals surface area contributed by atoms with Crippen molar-refractivity contribution in [3.05, 3.63) is 41.3 Å². The molecule has 2 heterocycles. The van der Waals surface area contributed by atoms with Gasteiger partial charge in [0.05, 0.1) is 0 Å². The summed E-state index contributed by atoms with van der Waals surface area (Å²) in [6, 6.07) is 7.07. The number of hydrogen-bond acceptors (Lipinski definition) is 5. The zero-order chi connectivity index (χ0) is 14.1. The zero-order valence-corrected chi connectivity index (χ0v) is 10.8. The van der Waals surface area contributed by atoms with Crippen LogP contribution in [0.15, 0.2) is 28.7 Å². The number of carbonyl (C=O) groups is 1. The van der Waals surface area contributed by atoms with Crippen LogP contribution in [0, 0.1) is 6.92 Å². The number of benzene rings is 1. The maximum absolute atomic E-state index is 10.8. The number of aryl methyl sites for hydroxylation is 1. The van der Waals surface area contributed by atoms with Gasteiger partial charge in [-0.3, -0.25) is 0 Å². The molecule has 1 aromatic carbocycles. The summed E-state index contributed by atoms with van der Waals surface area (Å²) in [5, 5.41) is 12.1. The first-order chi connectivity index (χ1) is 9.63. The fourth-order valence-electron chi connectivity index (χ4n) is 2.00. The Bertz CT molecular complexity index is 662. The highest BCUT2D eigenvalue weighted by atomic mass is 16.7. The van der Waals surface area contributed by atoms with Crippen LogP contribution in [-0.2, 0) is 6.54 Å². The van der Waals surface area contributed by atoms with Gasteiger partial charge >= 0.3 is 5.97 Å². The van der Waals surface area contributed by atoms with Crippen LogP contribution in [-0.4, -0.2) is 17.9 Å². The molecule has 0 radical (unpaired) electrons. The summed E-state index contributed by atoms with van der Waals surface area (Å²) in [7, 11) is 0. The quantitative estimate of drug-likeness (QED) is 0.892. The molecule has 1 aliphatic rings. The van der Waals surface area contributed by atoms with Crippen molar-refractivity contribution in [3.8, 4) is 11.5 Å². The van der Waals surface area contributed by atoms with E-state index >= 15 is 0 Å². The molecule has 2 N–H and O–H groups in total. The number of hydrogen-bond donors (Lipinski definition) is 2. The van der Waals surface area contributed by atoms with Gasteiger partial charge in [-0.1, -0.05) is 0 Å². The third-order valence-electron chi connectivity index (χ3n) is 3.09. The van der Waals surface area contributed by atoms with Crippen LogP contribution < -0.4 is 14.8 Å². The summed E-state index contributed by atoms with van der Waals surface area (Å²) >= 11 is 0. The summed E-state index contributed by atoms with van der Waals surface area (Å²) in [5.41, 5.74) is 1.67. The molecule has 1 aromatic heterocycles. The largest absolute Gasteiger partial charge is 0.475 e. The van der Waals surface area contributed by atoms with Gasteiger partial charge in [-0.15, -0.1) is 0 Å². The highest BCUT2D eigenvalue weighted by Gasteiger charge is 2.15. The first-order valence-electron chi connectivity index (χ1n) is 6.09. The van der Waals surface area contributed by atoms with Crippen LogP contribution >= 0.6 is 0 Å². The van der Waals surface area contributed by atoms with Gasteiger partial charge in [-0.25, -0.2) is 4.79 Å². The third kappa shape index (κ3) is 2.27. The van der Waals surface area contributed by atoms with Crippen molar-refractivity contribution in [3.63, 3.8) is 0 Å². The predicted octanol–water partition coefficient (Wildman–Crippen LogP) is 2.63. The minimum atomic E-state index is -1.07. The molecule has 2 aromatic rings. The zero-order valence-electron chi connectivity index (χ0n) is 10.8. The Hall–Kier alpha value is -2.63. The standard InChI is InChI=1S/C14H13NO5/c1-8-9(4-13(20-8)14(16)17)6-15-10-2-3-11-12(5-10)19-7-18-11/h2-5,15H,6-7H2,1H3,(H,16,17). The predicted molar refractivity (Wildman–Crippen MR) is 70.3 cm³/mol. The number of fused-ring (bicyclic) bond motifs is 1. The number of carboxylic acids is 1. The Balaban J connectivity index is 1.72. The SMILES string of the molecule is Cc1oc(C(=O)O)cc1CNc1ccc2c(c1)OCO2. The Kier molecular flexibility index (Phi) is 2.98. The van der Waals surface area contributed by atoms with Crippen LogP contribution in [0.25, 0.3) is 0 Å². The fraction of sp³-hybridized carbons (Fsp3) is 0.214. The topological polar surface area (TPSA) is 80.9 Å². The van der Waals surface area contributed by atoms with Crippen molar-refractivity contribution in [2.24, 2.45) is 0 Å². The highest BCUT2D eigenvalue weighted by Crippen LogP contribution is 2.34. The van der Waals surface area contributed by atoms with Crippen molar-refractivity contribution < 1.29 is 23.8 Å². The average Bonchev–Trinajstić information content (AvgIpc) is 3.02. The van der Waals surface area contributed by atoms with E-state index in [1.807, 2.05) is 18.2 Å². The molecule has 0 unspecified atom stereocenters. The molecule has 0 amide bonds. The molecule has 3 rings (SSSR count). The summed E-state index contributed by atoms with van der Waals surface area (Å²) in [4.78, 5) is 10.8. The third-order valence-corrected chi connectivity index (χ3v) is 3.09. The first kappa shape index (κ1) is 12.4. The Labute approximate surface area is 114 Å². The van der Waals surface area contributed by atoms with Crippen molar-refractivity contribution >= 4 is 11.7 Å². The van der Waals surface area contributed by atoms with E-state index in [9.17, 15) is 4.79 Å². The van der Waals surface area contributed by atoms with Crippen LogP contribution in [0.5, 0.6) is 11.5 Å². The molecule has 104 valence electrons. The summed E-state index contributed by atoms with van der Waals surface area (Å²) < 4.78 is 15.7. The van der Waals surface area contributed by atoms with Gasteiger partial charge in [0, 0.05) is 23.9 Å². The van der Waals surface area contributed by atoms with Crippen LogP contribution in [0.4, 0.5) is 5.69 Å². The highest BCUT2D eigenvalue weighted by molar-refractivity contribution is 5.84. The number of aromatic carboxylic acids is 1. The number of nitrogens with one attached hydrogen (secondary N) is 1. The van der Waals surface area contributed by atoms with Gasteiger partial charge in [0.15, 0.2) is 11.5 Å². The molecule has 0 spiro atoms. The van der Waals surface area contributed by atoms with Gasteiger partial charge in [-0.05, 0) is 25.1 Å². The molecule has 20 heavy (non-hydrogen) atoms. The molecule has 0 bridgehead atoms. The lowest BCUT2D eigenvalue weighted by Gasteiger charge is -2.06. The average molecular weight is 275 g/mol. The fourth-order valence-corrected chi connectivity index (χ4v) is 2.00. The Morgan fingerprint density at radius 2 is 2.10 bits per heavy atom. The van der Waals surface area contributed by atoms with E-state index in [0.717, 1.165) is 17.0 Å². The first-order valence-corrected chi connectivity index (χ1v) is 6.09. The van der Waals surface area contributed by atoms with Crippen molar-refractivity contribution in [2.75, 3.05) is 12.1 Å². The molecule has 0 atom stereocenters. The molecule has 0 saturated carbocycles. The monoisotopic (exact) mass is 275 g/mol. The van der Waals surface area contributed by atoms with Gasteiger partial charge in [0.25, 0.3) is 0 Å². The van der Waals surface area contributed by atoms with E-state index in [2.05, 4.69) is 5.32 Å². The number of ether oxygens (including phenoxy) is 2. The second kappa shape index (κ2) is 4.80. The van der Waals surface area contributed by atoms with Gasteiger partial charge in [-0.2, -0.15) is 0 Å². The second-order valence-electron chi connectivity index (χ2n) is 4.42. The molecule has 0 aliphatic carbocycles. The molecule has 6 nitrogen and oxygen atoms in total. The van der Waals surface area contributed by atoms with E-state index in [4.69, 9.17) is 19.0 Å². The van der Waals surface area contributed by atoms with E-state index in [0.29, 0.717) is 18.1 Å². The van der Waals surface area contributed by atoms with Crippen LogP contribution in [0.2, 0.25) is 0 Å². The number of anilines is 1. The van der Waals surface area contributed by atoms with E-state index in [-0.39, 0.29) is 12.6 Å². The summed E-state index contributed by atoms with van der Waals surface area (Å²) in [6.45, 7) is 2.45. The lowest BCUT2D eigenvalue weighted by atomic mass is 10.2. The lowest BCUT2D eigenvalue weighted by Crippen LogP contribution is -1.99. The van der Waals surface area contributed by atoms with Gasteiger partial charge in [0.1, 0.15) is 5.76 Å². The second-order valence-corrected chi connectivity index (χ2v) is 4.42. The molecule has 0 fully saturated rings. The molecular formula is C14H13NO5. The number of furan rings is 1. The van der Waals surface area contributed by atoms with E-state index in [1.54, 1.807) is 6.92 Å². The van der Waals surface area contributed by atoms with Crippen LogP contribution in [0.1, 0.15) is 21.9 Å². The van der Waals surface area contributed by atoms with E-state index < -0.39 is 5.97 Å². The number of rotatable bonds is 4. The van der Waals surface area contributed by atoms with Crippen LogP contribution in [0.3, 0.4) is 0 Å². The summed E-state index contributed by atoms with van der Waals surface area (Å²) in [6.07, 6.45) is 0.